The van der Waals surface area contributed by atoms with Crippen LogP contribution in [0.1, 0.15) is 30.4 Å². The molecule has 1 aliphatic carbocycles. The molecule has 3 N–H and O–H groups in total. The number of aliphatic hydroxyl groups excluding tert-OH is 1. The molecule has 1 aromatic carbocycles. The number of alkyl halides is 3. The van der Waals surface area contributed by atoms with Gasteiger partial charge in [0.2, 0.25) is 0 Å². The lowest BCUT2D eigenvalue weighted by molar-refractivity contribution is -0.137. The van der Waals surface area contributed by atoms with E-state index in [9.17, 15) is 18.3 Å². The molecule has 1 saturated carbocycles. The van der Waals surface area contributed by atoms with Gasteiger partial charge in [-0.3, -0.25) is 0 Å². The summed E-state index contributed by atoms with van der Waals surface area (Å²) in [5.41, 5.74) is 5.38. The average Bonchev–Trinajstić information content (AvgIpc) is 2.59. The third-order valence-corrected chi connectivity index (χ3v) is 3.31. The predicted octanol–water partition coefficient (Wildman–Crippen LogP) is 2.40. The van der Waals surface area contributed by atoms with Crippen molar-refractivity contribution in [3.8, 4) is 0 Å². The van der Waals surface area contributed by atoms with Crippen LogP contribution in [-0.2, 0) is 11.7 Å². The Balaban J connectivity index is 2.24. The number of benzene rings is 1. The van der Waals surface area contributed by atoms with Crippen LogP contribution in [0.2, 0.25) is 0 Å². The number of hydrogen-bond donors (Lipinski definition) is 2. The normalized spacial score (nSPS) is 29.6. The van der Waals surface area contributed by atoms with E-state index < -0.39 is 23.4 Å². The van der Waals surface area contributed by atoms with Crippen LogP contribution >= 0.6 is 0 Å². The number of aliphatic hydroxyl groups is 1. The lowest BCUT2D eigenvalue weighted by atomic mass is 9.89. The van der Waals surface area contributed by atoms with E-state index in [0.717, 1.165) is 12.1 Å². The van der Waals surface area contributed by atoms with Crippen molar-refractivity contribution < 1.29 is 18.3 Å². The van der Waals surface area contributed by atoms with E-state index in [1.54, 1.807) is 0 Å². The van der Waals surface area contributed by atoms with Crippen molar-refractivity contribution in [2.24, 2.45) is 5.73 Å². The van der Waals surface area contributed by atoms with E-state index in [1.165, 1.54) is 12.1 Å². The first-order valence-electron chi connectivity index (χ1n) is 5.46. The zero-order valence-electron chi connectivity index (χ0n) is 9.17. The van der Waals surface area contributed by atoms with Gasteiger partial charge in [-0.1, -0.05) is 12.1 Å². The molecule has 1 aliphatic rings. The molecule has 0 saturated heterocycles. The highest BCUT2D eigenvalue weighted by atomic mass is 19.4. The van der Waals surface area contributed by atoms with Crippen molar-refractivity contribution in [3.63, 3.8) is 0 Å². The lowest BCUT2D eigenvalue weighted by Crippen LogP contribution is -2.34. The molecule has 94 valence electrons. The maximum Gasteiger partial charge on any atom is 0.416 e. The first-order chi connectivity index (χ1) is 7.81. The highest BCUT2D eigenvalue weighted by molar-refractivity contribution is 5.30. The molecule has 17 heavy (non-hydrogen) atoms. The molecule has 2 rings (SSSR count). The molecule has 0 aromatic heterocycles. The molecule has 0 bridgehead atoms. The van der Waals surface area contributed by atoms with Crippen molar-refractivity contribution in [1.29, 1.82) is 0 Å². The Labute approximate surface area is 97.2 Å². The van der Waals surface area contributed by atoms with Crippen LogP contribution in [0, 0.1) is 0 Å². The van der Waals surface area contributed by atoms with Crippen molar-refractivity contribution in [1.82, 2.24) is 0 Å². The van der Waals surface area contributed by atoms with E-state index in [0.29, 0.717) is 24.8 Å². The number of rotatable bonds is 1. The summed E-state index contributed by atoms with van der Waals surface area (Å²) in [7, 11) is 0. The Hall–Kier alpha value is -1.07. The third kappa shape index (κ3) is 2.45. The summed E-state index contributed by atoms with van der Waals surface area (Å²) in [4.78, 5) is 0. The van der Waals surface area contributed by atoms with Gasteiger partial charge < -0.3 is 10.8 Å². The van der Waals surface area contributed by atoms with Crippen LogP contribution in [0.5, 0.6) is 0 Å². The van der Waals surface area contributed by atoms with Gasteiger partial charge in [0.1, 0.15) is 0 Å². The summed E-state index contributed by atoms with van der Waals surface area (Å²) in [5, 5.41) is 9.45. The van der Waals surface area contributed by atoms with Crippen molar-refractivity contribution in [2.75, 3.05) is 0 Å². The minimum atomic E-state index is -4.32. The molecule has 0 spiro atoms. The SMILES string of the molecule is NC1(c2ccc(C(F)(F)F)cc2)CCC(O)C1. The van der Waals surface area contributed by atoms with Crippen molar-refractivity contribution >= 4 is 0 Å². The van der Waals surface area contributed by atoms with Crippen molar-refractivity contribution in [2.45, 2.75) is 37.1 Å². The summed E-state index contributed by atoms with van der Waals surface area (Å²) in [6, 6.07) is 4.88. The second kappa shape index (κ2) is 3.99. The molecule has 5 heteroatoms. The fourth-order valence-electron chi connectivity index (χ4n) is 2.30. The summed E-state index contributed by atoms with van der Waals surface area (Å²) in [6.45, 7) is 0. The Morgan fingerprint density at radius 1 is 1.24 bits per heavy atom. The molecule has 2 nitrogen and oxygen atoms in total. The molecule has 2 unspecified atom stereocenters. The van der Waals surface area contributed by atoms with Gasteiger partial charge in [0.25, 0.3) is 0 Å². The molecule has 0 heterocycles. The largest absolute Gasteiger partial charge is 0.416 e. The van der Waals surface area contributed by atoms with Gasteiger partial charge in [0.05, 0.1) is 11.7 Å². The minimum Gasteiger partial charge on any atom is -0.393 e. The second-order valence-corrected chi connectivity index (χ2v) is 4.63. The number of hydrogen-bond acceptors (Lipinski definition) is 2. The highest BCUT2D eigenvalue weighted by Crippen LogP contribution is 2.37. The quantitative estimate of drug-likeness (QED) is 0.798. The summed E-state index contributed by atoms with van der Waals surface area (Å²) >= 11 is 0. The maximum atomic E-state index is 12.4. The van der Waals surface area contributed by atoms with Crippen LogP contribution in [-0.4, -0.2) is 11.2 Å². The molecule has 0 aliphatic heterocycles. The van der Waals surface area contributed by atoms with Crippen LogP contribution in [0.15, 0.2) is 24.3 Å². The van der Waals surface area contributed by atoms with E-state index in [4.69, 9.17) is 5.73 Å². The smallest absolute Gasteiger partial charge is 0.393 e. The van der Waals surface area contributed by atoms with E-state index in [-0.39, 0.29) is 0 Å². The molecule has 1 aromatic rings. The average molecular weight is 245 g/mol. The Bertz CT molecular complexity index is 401. The molecular weight excluding hydrogens is 231 g/mol. The van der Waals surface area contributed by atoms with Gasteiger partial charge in [-0.2, -0.15) is 13.2 Å². The summed E-state index contributed by atoms with van der Waals surface area (Å²) < 4.78 is 37.1. The zero-order chi connectivity index (χ0) is 12.7. The molecule has 0 amide bonds. The van der Waals surface area contributed by atoms with Gasteiger partial charge in [-0.15, -0.1) is 0 Å². The summed E-state index contributed by atoms with van der Waals surface area (Å²) in [6.07, 6.45) is -3.19. The van der Waals surface area contributed by atoms with Gasteiger partial charge >= 0.3 is 6.18 Å². The highest BCUT2D eigenvalue weighted by Gasteiger charge is 2.37. The van der Waals surface area contributed by atoms with Gasteiger partial charge in [0.15, 0.2) is 0 Å². The van der Waals surface area contributed by atoms with E-state index in [2.05, 4.69) is 0 Å². The van der Waals surface area contributed by atoms with Gasteiger partial charge in [-0.05, 0) is 37.0 Å². The Morgan fingerprint density at radius 3 is 2.24 bits per heavy atom. The van der Waals surface area contributed by atoms with Crippen LogP contribution in [0.3, 0.4) is 0 Å². The number of nitrogens with two attached hydrogens (primary N) is 1. The lowest BCUT2D eigenvalue weighted by Gasteiger charge is -2.24. The van der Waals surface area contributed by atoms with Crippen LogP contribution in [0.4, 0.5) is 13.2 Å². The monoisotopic (exact) mass is 245 g/mol. The van der Waals surface area contributed by atoms with Crippen LogP contribution in [0.25, 0.3) is 0 Å². The van der Waals surface area contributed by atoms with Crippen molar-refractivity contribution in [3.05, 3.63) is 35.4 Å². The maximum absolute atomic E-state index is 12.4. The standard InChI is InChI=1S/C12H14F3NO/c13-12(14,15)9-3-1-8(2-4-9)11(16)6-5-10(17)7-11/h1-4,10,17H,5-7,16H2. The third-order valence-electron chi connectivity index (χ3n) is 3.31. The predicted molar refractivity (Wildman–Crippen MR) is 57.2 cm³/mol. The Kier molecular flexibility index (Phi) is 2.91. The second-order valence-electron chi connectivity index (χ2n) is 4.63. The minimum absolute atomic E-state index is 0.401. The topological polar surface area (TPSA) is 46.2 Å². The first-order valence-corrected chi connectivity index (χ1v) is 5.46. The molecular formula is C12H14F3NO. The first kappa shape index (κ1) is 12.4. The number of halogens is 3. The molecule has 2 atom stereocenters. The zero-order valence-corrected chi connectivity index (χ0v) is 9.17. The fourth-order valence-corrected chi connectivity index (χ4v) is 2.30. The van der Waals surface area contributed by atoms with Crippen LogP contribution < -0.4 is 5.73 Å². The van der Waals surface area contributed by atoms with Gasteiger partial charge in [-0.25, -0.2) is 0 Å². The summed E-state index contributed by atoms with van der Waals surface area (Å²) in [5.74, 6) is 0. The van der Waals surface area contributed by atoms with Gasteiger partial charge in [0, 0.05) is 5.54 Å². The molecule has 0 radical (unpaired) electrons. The van der Waals surface area contributed by atoms with E-state index in [1.807, 2.05) is 0 Å². The van der Waals surface area contributed by atoms with E-state index >= 15 is 0 Å². The Morgan fingerprint density at radius 2 is 1.82 bits per heavy atom. The molecule has 1 fully saturated rings. The fraction of sp³-hybridized carbons (Fsp3) is 0.500.